The molecule has 1 saturated carbocycles. The van der Waals surface area contributed by atoms with Crippen molar-refractivity contribution in [3.05, 3.63) is 29.2 Å². The molecule has 2 aromatic heterocycles. The standard InChI is InChI=1S/C11H9ClN4/c12-8-2-5-16-9(6-8)14-10(15-16)11(7-13)3-1-4-11/h2,5-6H,1,3-4H2. The molecule has 0 atom stereocenters. The molecule has 2 aromatic rings. The lowest BCUT2D eigenvalue weighted by molar-refractivity contribution is 0.307. The molecule has 0 aromatic carbocycles. The lowest BCUT2D eigenvalue weighted by atomic mass is 9.69. The number of halogens is 1. The average Bonchev–Trinajstić information content (AvgIpc) is 2.60. The first-order valence-corrected chi connectivity index (χ1v) is 5.55. The van der Waals surface area contributed by atoms with Gasteiger partial charge in [0, 0.05) is 17.3 Å². The number of hydrogen-bond acceptors (Lipinski definition) is 3. The van der Waals surface area contributed by atoms with Gasteiger partial charge in [-0.15, -0.1) is 5.10 Å². The third-order valence-electron chi connectivity index (χ3n) is 3.15. The largest absolute Gasteiger partial charge is 0.221 e. The molecule has 1 fully saturated rings. The van der Waals surface area contributed by atoms with E-state index in [-0.39, 0.29) is 0 Å². The van der Waals surface area contributed by atoms with Crippen molar-refractivity contribution in [3.63, 3.8) is 0 Å². The summed E-state index contributed by atoms with van der Waals surface area (Å²) in [6.07, 6.45) is 4.55. The fourth-order valence-electron chi connectivity index (χ4n) is 1.98. The summed E-state index contributed by atoms with van der Waals surface area (Å²) in [5, 5.41) is 14.2. The van der Waals surface area contributed by atoms with Crippen molar-refractivity contribution in [2.24, 2.45) is 0 Å². The zero-order valence-corrected chi connectivity index (χ0v) is 9.28. The van der Waals surface area contributed by atoms with Crippen LogP contribution in [-0.4, -0.2) is 14.6 Å². The summed E-state index contributed by atoms with van der Waals surface area (Å²) in [7, 11) is 0. The molecular formula is C11H9ClN4. The molecule has 0 radical (unpaired) electrons. The second-order valence-electron chi connectivity index (χ2n) is 4.13. The molecule has 1 aliphatic rings. The van der Waals surface area contributed by atoms with Gasteiger partial charge in [0.25, 0.3) is 0 Å². The van der Waals surface area contributed by atoms with Gasteiger partial charge in [0.15, 0.2) is 11.5 Å². The maximum absolute atomic E-state index is 9.20. The maximum Gasteiger partial charge on any atom is 0.171 e. The van der Waals surface area contributed by atoms with Gasteiger partial charge in [-0.05, 0) is 25.3 Å². The summed E-state index contributed by atoms with van der Waals surface area (Å²) < 4.78 is 1.67. The molecule has 0 aliphatic heterocycles. The van der Waals surface area contributed by atoms with Crippen LogP contribution in [0.3, 0.4) is 0 Å². The van der Waals surface area contributed by atoms with Crippen LogP contribution in [0.4, 0.5) is 0 Å². The van der Waals surface area contributed by atoms with Gasteiger partial charge in [0.1, 0.15) is 5.41 Å². The quantitative estimate of drug-likeness (QED) is 0.758. The number of nitriles is 1. The highest BCUT2D eigenvalue weighted by Crippen LogP contribution is 2.41. The van der Waals surface area contributed by atoms with Crippen LogP contribution in [0, 0.1) is 11.3 Å². The topological polar surface area (TPSA) is 54.0 Å². The lowest BCUT2D eigenvalue weighted by Gasteiger charge is -2.31. The van der Waals surface area contributed by atoms with E-state index in [2.05, 4.69) is 16.2 Å². The Hall–Kier alpha value is -1.60. The van der Waals surface area contributed by atoms with E-state index in [1.165, 1.54) is 0 Å². The third kappa shape index (κ3) is 1.22. The van der Waals surface area contributed by atoms with E-state index >= 15 is 0 Å². The van der Waals surface area contributed by atoms with Gasteiger partial charge in [-0.25, -0.2) is 9.50 Å². The highest BCUT2D eigenvalue weighted by atomic mass is 35.5. The highest BCUT2D eigenvalue weighted by Gasteiger charge is 2.42. The van der Waals surface area contributed by atoms with Gasteiger partial charge in [-0.1, -0.05) is 11.6 Å². The molecule has 16 heavy (non-hydrogen) atoms. The van der Waals surface area contributed by atoms with Gasteiger partial charge in [0.2, 0.25) is 0 Å². The fourth-order valence-corrected chi connectivity index (χ4v) is 2.13. The molecule has 0 amide bonds. The molecule has 2 heterocycles. The van der Waals surface area contributed by atoms with E-state index in [0.717, 1.165) is 19.3 Å². The van der Waals surface area contributed by atoms with Gasteiger partial charge in [-0.3, -0.25) is 0 Å². The Kier molecular flexibility index (Phi) is 1.92. The number of nitrogens with zero attached hydrogens (tertiary/aromatic N) is 4. The van der Waals surface area contributed by atoms with E-state index in [1.54, 1.807) is 22.8 Å². The Balaban J connectivity index is 2.16. The minimum Gasteiger partial charge on any atom is -0.221 e. The molecular weight excluding hydrogens is 224 g/mol. The zero-order valence-electron chi connectivity index (χ0n) is 8.52. The monoisotopic (exact) mass is 232 g/mol. The second kappa shape index (κ2) is 3.19. The Bertz CT molecular complexity index is 592. The summed E-state index contributed by atoms with van der Waals surface area (Å²) in [6, 6.07) is 5.84. The summed E-state index contributed by atoms with van der Waals surface area (Å²) in [4.78, 5) is 4.38. The summed E-state index contributed by atoms with van der Waals surface area (Å²) in [5.41, 5.74) is 0.238. The van der Waals surface area contributed by atoms with Crippen molar-refractivity contribution >= 4 is 17.2 Å². The molecule has 3 rings (SSSR count). The molecule has 0 saturated heterocycles. The van der Waals surface area contributed by atoms with Gasteiger partial charge < -0.3 is 0 Å². The summed E-state index contributed by atoms with van der Waals surface area (Å²) in [6.45, 7) is 0. The lowest BCUT2D eigenvalue weighted by Crippen LogP contribution is -2.33. The molecule has 0 spiro atoms. The fraction of sp³-hybridized carbons (Fsp3) is 0.364. The second-order valence-corrected chi connectivity index (χ2v) is 4.57. The van der Waals surface area contributed by atoms with Crippen molar-refractivity contribution in [3.8, 4) is 6.07 Å². The number of fused-ring (bicyclic) bond motifs is 1. The number of hydrogen-bond donors (Lipinski definition) is 0. The Morgan fingerprint density at radius 1 is 1.50 bits per heavy atom. The van der Waals surface area contributed by atoms with E-state index in [1.807, 2.05) is 0 Å². The molecule has 5 heteroatoms. The van der Waals surface area contributed by atoms with Crippen LogP contribution < -0.4 is 0 Å². The van der Waals surface area contributed by atoms with Crippen LogP contribution in [0.25, 0.3) is 5.65 Å². The molecule has 80 valence electrons. The number of aromatic nitrogens is 3. The first kappa shape index (κ1) is 9.61. The van der Waals surface area contributed by atoms with Crippen LogP contribution in [0.2, 0.25) is 5.02 Å². The van der Waals surface area contributed by atoms with Crippen molar-refractivity contribution in [2.45, 2.75) is 24.7 Å². The van der Waals surface area contributed by atoms with Crippen molar-refractivity contribution < 1.29 is 0 Å². The first-order chi connectivity index (χ1) is 7.73. The van der Waals surface area contributed by atoms with Crippen LogP contribution in [0.5, 0.6) is 0 Å². The third-order valence-corrected chi connectivity index (χ3v) is 3.38. The number of rotatable bonds is 1. The van der Waals surface area contributed by atoms with Crippen LogP contribution in [0.15, 0.2) is 18.3 Å². The van der Waals surface area contributed by atoms with Crippen molar-refractivity contribution in [2.75, 3.05) is 0 Å². The average molecular weight is 233 g/mol. The summed E-state index contributed by atoms with van der Waals surface area (Å²) in [5.74, 6) is 0.628. The predicted octanol–water partition coefficient (Wildman–Crippen LogP) is 2.33. The van der Waals surface area contributed by atoms with E-state index in [0.29, 0.717) is 16.5 Å². The predicted molar refractivity (Wildman–Crippen MR) is 59.1 cm³/mol. The minimum atomic E-state index is -0.460. The van der Waals surface area contributed by atoms with Gasteiger partial charge in [-0.2, -0.15) is 5.26 Å². The molecule has 0 unspecified atom stereocenters. The normalized spacial score (nSPS) is 18.0. The Labute approximate surface area is 97.5 Å². The van der Waals surface area contributed by atoms with Crippen LogP contribution in [0.1, 0.15) is 25.1 Å². The highest BCUT2D eigenvalue weighted by molar-refractivity contribution is 6.30. The maximum atomic E-state index is 9.20. The van der Waals surface area contributed by atoms with E-state index in [9.17, 15) is 5.26 Å². The van der Waals surface area contributed by atoms with E-state index < -0.39 is 5.41 Å². The molecule has 4 nitrogen and oxygen atoms in total. The first-order valence-electron chi connectivity index (χ1n) is 5.17. The SMILES string of the molecule is N#CC1(c2nc3cc(Cl)ccn3n2)CCC1. The molecule has 0 N–H and O–H groups in total. The minimum absolute atomic E-state index is 0.460. The Morgan fingerprint density at radius 3 is 2.94 bits per heavy atom. The summed E-state index contributed by atoms with van der Waals surface area (Å²) >= 11 is 5.88. The zero-order chi connectivity index (χ0) is 11.2. The molecule has 0 bridgehead atoms. The van der Waals surface area contributed by atoms with Crippen molar-refractivity contribution in [1.82, 2.24) is 14.6 Å². The van der Waals surface area contributed by atoms with Gasteiger partial charge >= 0.3 is 0 Å². The molecule has 1 aliphatic carbocycles. The smallest absolute Gasteiger partial charge is 0.171 e. The van der Waals surface area contributed by atoms with Crippen molar-refractivity contribution in [1.29, 1.82) is 5.26 Å². The van der Waals surface area contributed by atoms with Gasteiger partial charge in [0.05, 0.1) is 6.07 Å². The van der Waals surface area contributed by atoms with Crippen LogP contribution >= 0.6 is 11.6 Å². The number of pyridine rings is 1. The van der Waals surface area contributed by atoms with Crippen LogP contribution in [-0.2, 0) is 5.41 Å². The van der Waals surface area contributed by atoms with E-state index in [4.69, 9.17) is 11.6 Å². The Morgan fingerprint density at radius 2 is 2.31 bits per heavy atom.